The Morgan fingerprint density at radius 2 is 1.93 bits per heavy atom. The Morgan fingerprint density at radius 1 is 1.33 bits per heavy atom. The van der Waals surface area contributed by atoms with Gasteiger partial charge >= 0.3 is 0 Å². The predicted octanol–water partition coefficient (Wildman–Crippen LogP) is -1.04. The molecule has 2 rings (SSSR count). The maximum absolute atomic E-state index is 11.6. The molecular formula is C11H21N2O2+. The zero-order valence-electron chi connectivity index (χ0n) is 9.58. The molecule has 2 fully saturated rings. The summed E-state index contributed by atoms with van der Waals surface area (Å²) in [6.45, 7) is 6.66. The molecule has 0 aromatic carbocycles. The van der Waals surface area contributed by atoms with Crippen LogP contribution >= 0.6 is 0 Å². The number of carbonyl (C=O) groups excluding carboxylic acids is 1. The predicted molar refractivity (Wildman–Crippen MR) is 56.7 cm³/mol. The molecule has 0 radical (unpaired) electrons. The number of rotatable bonds is 3. The Bertz CT molecular complexity index is 231. The molecule has 86 valence electrons. The van der Waals surface area contributed by atoms with Crippen LogP contribution in [-0.4, -0.2) is 43.8 Å². The summed E-state index contributed by atoms with van der Waals surface area (Å²) < 4.78 is 5.64. The van der Waals surface area contributed by atoms with E-state index < -0.39 is 0 Å². The van der Waals surface area contributed by atoms with Crippen molar-refractivity contribution < 1.29 is 14.4 Å². The molecule has 1 saturated heterocycles. The van der Waals surface area contributed by atoms with E-state index in [4.69, 9.17) is 4.74 Å². The standard InChI is InChI=1S/C11H20N2O2/c1-8-5-13(6-9(2)15-8)7-11(14)12-10-3-4-10/h8-10H,3-7H2,1-2H3,(H,12,14)/p+1/t8-,9+. The monoisotopic (exact) mass is 213 g/mol. The highest BCUT2D eigenvalue weighted by atomic mass is 16.5. The van der Waals surface area contributed by atoms with E-state index in [0.29, 0.717) is 12.6 Å². The summed E-state index contributed by atoms with van der Waals surface area (Å²) in [6, 6.07) is 0.479. The Labute approximate surface area is 91.0 Å². The van der Waals surface area contributed by atoms with Crippen molar-refractivity contribution in [3.63, 3.8) is 0 Å². The molecule has 3 atom stereocenters. The van der Waals surface area contributed by atoms with Gasteiger partial charge in [0.1, 0.15) is 25.3 Å². The zero-order chi connectivity index (χ0) is 10.8. The average Bonchev–Trinajstić information content (AvgIpc) is 2.85. The minimum Gasteiger partial charge on any atom is -0.364 e. The van der Waals surface area contributed by atoms with Crippen molar-refractivity contribution in [3.05, 3.63) is 0 Å². The van der Waals surface area contributed by atoms with Crippen molar-refractivity contribution in [2.24, 2.45) is 0 Å². The molecule has 1 amide bonds. The molecule has 15 heavy (non-hydrogen) atoms. The molecule has 0 aromatic rings. The molecule has 1 heterocycles. The highest BCUT2D eigenvalue weighted by molar-refractivity contribution is 5.77. The van der Waals surface area contributed by atoms with Gasteiger partial charge in [-0.2, -0.15) is 0 Å². The van der Waals surface area contributed by atoms with Crippen LogP contribution < -0.4 is 10.2 Å². The molecule has 4 nitrogen and oxygen atoms in total. The van der Waals surface area contributed by atoms with E-state index in [0.717, 1.165) is 25.9 Å². The lowest BCUT2D eigenvalue weighted by Crippen LogP contribution is -3.16. The lowest BCUT2D eigenvalue weighted by molar-refractivity contribution is -0.907. The van der Waals surface area contributed by atoms with Gasteiger partial charge in [-0.1, -0.05) is 0 Å². The average molecular weight is 213 g/mol. The summed E-state index contributed by atoms with van der Waals surface area (Å²) in [5.41, 5.74) is 0. The van der Waals surface area contributed by atoms with Crippen LogP contribution in [0.5, 0.6) is 0 Å². The molecule has 1 saturated carbocycles. The molecule has 4 heteroatoms. The number of nitrogens with one attached hydrogen (secondary N) is 2. The first-order valence-corrected chi connectivity index (χ1v) is 5.92. The number of morpholine rings is 1. The van der Waals surface area contributed by atoms with E-state index in [1.54, 1.807) is 0 Å². The second-order valence-electron chi connectivity index (χ2n) is 4.93. The Balaban J connectivity index is 1.74. The zero-order valence-corrected chi connectivity index (χ0v) is 9.58. The van der Waals surface area contributed by atoms with E-state index in [1.807, 2.05) is 0 Å². The van der Waals surface area contributed by atoms with Gasteiger partial charge < -0.3 is 15.0 Å². The molecule has 1 aliphatic carbocycles. The Hall–Kier alpha value is -0.610. The van der Waals surface area contributed by atoms with E-state index in [1.165, 1.54) is 4.90 Å². The van der Waals surface area contributed by atoms with E-state index in [2.05, 4.69) is 19.2 Å². The molecule has 0 aromatic heterocycles. The Morgan fingerprint density at radius 3 is 2.47 bits per heavy atom. The van der Waals surface area contributed by atoms with Gasteiger partial charge in [0, 0.05) is 6.04 Å². The van der Waals surface area contributed by atoms with Gasteiger partial charge in [-0.3, -0.25) is 4.79 Å². The summed E-state index contributed by atoms with van der Waals surface area (Å²) in [7, 11) is 0. The van der Waals surface area contributed by atoms with Crippen LogP contribution in [0, 0.1) is 0 Å². The quantitative estimate of drug-likeness (QED) is 0.629. The van der Waals surface area contributed by atoms with Gasteiger partial charge in [0.2, 0.25) is 0 Å². The van der Waals surface area contributed by atoms with Crippen LogP contribution in [-0.2, 0) is 9.53 Å². The van der Waals surface area contributed by atoms with Crippen LogP contribution in [0.4, 0.5) is 0 Å². The number of ether oxygens (including phenoxy) is 1. The van der Waals surface area contributed by atoms with Gasteiger partial charge in [0.15, 0.2) is 6.54 Å². The second-order valence-corrected chi connectivity index (χ2v) is 4.93. The molecule has 0 bridgehead atoms. The first kappa shape index (κ1) is 10.9. The van der Waals surface area contributed by atoms with E-state index in [9.17, 15) is 4.79 Å². The minimum absolute atomic E-state index is 0.203. The summed E-state index contributed by atoms with van der Waals surface area (Å²) in [6.07, 6.45) is 2.88. The molecule has 2 aliphatic rings. The Kier molecular flexibility index (Phi) is 3.26. The van der Waals surface area contributed by atoms with Crippen molar-refractivity contribution in [3.8, 4) is 0 Å². The highest BCUT2D eigenvalue weighted by Gasteiger charge is 2.29. The van der Waals surface area contributed by atoms with Crippen molar-refractivity contribution >= 4 is 5.91 Å². The number of hydrogen-bond acceptors (Lipinski definition) is 2. The molecule has 1 unspecified atom stereocenters. The fourth-order valence-electron chi connectivity index (χ4n) is 2.27. The topological polar surface area (TPSA) is 42.8 Å². The largest absolute Gasteiger partial charge is 0.364 e. The van der Waals surface area contributed by atoms with Crippen molar-refractivity contribution in [1.29, 1.82) is 0 Å². The van der Waals surface area contributed by atoms with E-state index >= 15 is 0 Å². The van der Waals surface area contributed by atoms with Gasteiger partial charge in [0.25, 0.3) is 5.91 Å². The summed E-state index contributed by atoms with van der Waals surface area (Å²) >= 11 is 0. The van der Waals surface area contributed by atoms with Crippen LogP contribution in [0.1, 0.15) is 26.7 Å². The SMILES string of the molecule is C[C@@H]1C[NH+](CC(=O)NC2CC2)C[C@H](C)O1. The summed E-state index contributed by atoms with van der Waals surface area (Å²) in [5.74, 6) is 0.203. The van der Waals surface area contributed by atoms with Crippen molar-refractivity contribution in [2.45, 2.75) is 44.9 Å². The van der Waals surface area contributed by atoms with Gasteiger partial charge in [-0.15, -0.1) is 0 Å². The third kappa shape index (κ3) is 3.47. The van der Waals surface area contributed by atoms with Gasteiger partial charge in [0.05, 0.1) is 0 Å². The van der Waals surface area contributed by atoms with Crippen LogP contribution in [0.15, 0.2) is 0 Å². The minimum atomic E-state index is 0.203. The third-order valence-electron chi connectivity index (χ3n) is 2.97. The number of hydrogen-bond donors (Lipinski definition) is 2. The normalized spacial score (nSPS) is 36.3. The van der Waals surface area contributed by atoms with E-state index in [-0.39, 0.29) is 18.1 Å². The fraction of sp³-hybridized carbons (Fsp3) is 0.909. The first-order valence-electron chi connectivity index (χ1n) is 5.92. The number of quaternary nitrogens is 1. The highest BCUT2D eigenvalue weighted by Crippen LogP contribution is 2.18. The summed E-state index contributed by atoms with van der Waals surface area (Å²) in [5, 5.41) is 3.03. The maximum Gasteiger partial charge on any atom is 0.275 e. The molecule has 1 aliphatic heterocycles. The second kappa shape index (κ2) is 4.49. The smallest absolute Gasteiger partial charge is 0.275 e. The van der Waals surface area contributed by atoms with Crippen LogP contribution in [0.2, 0.25) is 0 Å². The molecular weight excluding hydrogens is 192 g/mol. The fourth-order valence-corrected chi connectivity index (χ4v) is 2.27. The maximum atomic E-state index is 11.6. The molecule has 2 N–H and O–H groups in total. The molecule has 0 spiro atoms. The van der Waals surface area contributed by atoms with Crippen molar-refractivity contribution in [2.75, 3.05) is 19.6 Å². The lowest BCUT2D eigenvalue weighted by atomic mass is 10.2. The number of amides is 1. The first-order chi connectivity index (χ1) is 7.13. The van der Waals surface area contributed by atoms with Gasteiger partial charge in [-0.05, 0) is 26.7 Å². The van der Waals surface area contributed by atoms with Crippen LogP contribution in [0.3, 0.4) is 0 Å². The third-order valence-corrected chi connectivity index (χ3v) is 2.97. The van der Waals surface area contributed by atoms with Gasteiger partial charge in [-0.25, -0.2) is 0 Å². The lowest BCUT2D eigenvalue weighted by Gasteiger charge is -2.31. The number of carbonyl (C=O) groups is 1. The summed E-state index contributed by atoms with van der Waals surface area (Å²) in [4.78, 5) is 12.9. The van der Waals surface area contributed by atoms with Crippen molar-refractivity contribution in [1.82, 2.24) is 5.32 Å². The van der Waals surface area contributed by atoms with Crippen LogP contribution in [0.25, 0.3) is 0 Å².